The van der Waals surface area contributed by atoms with E-state index in [1.54, 1.807) is 0 Å². The van der Waals surface area contributed by atoms with E-state index < -0.39 is 29.0 Å². The Hall–Kier alpha value is -3.58. The zero-order valence-corrected chi connectivity index (χ0v) is 22.3. The molecule has 0 aromatic heterocycles. The maximum atomic E-state index is 13.0. The first-order chi connectivity index (χ1) is 17.8. The van der Waals surface area contributed by atoms with Gasteiger partial charge in [0.05, 0.1) is 5.25 Å². The van der Waals surface area contributed by atoms with Crippen molar-refractivity contribution in [3.8, 4) is 0 Å². The number of thiol groups is 1. The summed E-state index contributed by atoms with van der Waals surface area (Å²) in [6.07, 6.45) is 1.61. The molecule has 7 heteroatoms. The number of benzene rings is 3. The number of amides is 3. The molecule has 3 amide bonds. The van der Waals surface area contributed by atoms with Crippen LogP contribution in [-0.4, -0.2) is 42.1 Å². The Kier molecular flexibility index (Phi) is 10.8. The fourth-order valence-electron chi connectivity index (χ4n) is 3.79. The summed E-state index contributed by atoms with van der Waals surface area (Å²) in [6.45, 7) is 4.73. The van der Waals surface area contributed by atoms with Gasteiger partial charge in [-0.3, -0.25) is 14.4 Å². The Morgan fingerprint density at radius 2 is 1.11 bits per heavy atom. The van der Waals surface area contributed by atoms with Gasteiger partial charge in [-0.25, -0.2) is 0 Å². The SMILES string of the molecule is Cc1ccc(CCNC(=O)C(NC(=O)[C@@H](S)Cc2ccccc2)C(=O)NCCc2ccc(C)cc2)cc1. The highest BCUT2D eigenvalue weighted by Gasteiger charge is 2.30. The van der Waals surface area contributed by atoms with Gasteiger partial charge in [0.25, 0.3) is 11.8 Å². The highest BCUT2D eigenvalue weighted by atomic mass is 32.1. The monoisotopic (exact) mass is 517 g/mol. The summed E-state index contributed by atoms with van der Waals surface area (Å²) in [6, 6.07) is 24.2. The third-order valence-electron chi connectivity index (χ3n) is 6.05. The highest BCUT2D eigenvalue weighted by Crippen LogP contribution is 2.09. The van der Waals surface area contributed by atoms with Gasteiger partial charge in [0.1, 0.15) is 0 Å². The zero-order chi connectivity index (χ0) is 26.6. The molecule has 1 atom stereocenters. The van der Waals surface area contributed by atoms with Crippen molar-refractivity contribution in [2.45, 2.75) is 44.4 Å². The van der Waals surface area contributed by atoms with Crippen LogP contribution in [-0.2, 0) is 33.6 Å². The van der Waals surface area contributed by atoms with E-state index in [1.807, 2.05) is 92.7 Å². The smallest absolute Gasteiger partial charge is 0.252 e. The van der Waals surface area contributed by atoms with Crippen LogP contribution in [0.25, 0.3) is 0 Å². The molecule has 0 saturated heterocycles. The molecule has 0 aliphatic rings. The number of hydrogen-bond acceptors (Lipinski definition) is 4. The van der Waals surface area contributed by atoms with Crippen LogP contribution in [0.1, 0.15) is 27.8 Å². The lowest BCUT2D eigenvalue weighted by Gasteiger charge is -2.20. The van der Waals surface area contributed by atoms with Crippen LogP contribution in [0.3, 0.4) is 0 Å². The summed E-state index contributed by atoms with van der Waals surface area (Å²) < 4.78 is 0. The van der Waals surface area contributed by atoms with Gasteiger partial charge in [0.15, 0.2) is 6.04 Å². The molecule has 0 radical (unpaired) electrons. The largest absolute Gasteiger partial charge is 0.354 e. The Balaban J connectivity index is 1.60. The Bertz CT molecular complexity index is 1100. The van der Waals surface area contributed by atoms with E-state index >= 15 is 0 Å². The predicted octanol–water partition coefficient (Wildman–Crippen LogP) is 3.35. The molecular formula is C30H35N3O3S. The van der Waals surface area contributed by atoms with E-state index in [-0.39, 0.29) is 0 Å². The lowest BCUT2D eigenvalue weighted by atomic mass is 10.1. The second-order valence-corrected chi connectivity index (χ2v) is 9.82. The van der Waals surface area contributed by atoms with Crippen molar-refractivity contribution in [2.75, 3.05) is 13.1 Å². The Labute approximate surface area is 224 Å². The molecule has 6 nitrogen and oxygen atoms in total. The lowest BCUT2D eigenvalue weighted by Crippen LogP contribution is -2.57. The molecule has 0 spiro atoms. The summed E-state index contributed by atoms with van der Waals surface area (Å²) in [5.74, 6) is -1.57. The molecule has 3 aromatic rings. The molecule has 194 valence electrons. The minimum atomic E-state index is -1.35. The van der Waals surface area contributed by atoms with E-state index in [4.69, 9.17) is 0 Å². The minimum Gasteiger partial charge on any atom is -0.354 e. The summed E-state index contributed by atoms with van der Waals surface area (Å²) in [7, 11) is 0. The molecule has 0 aliphatic heterocycles. The summed E-state index contributed by atoms with van der Waals surface area (Å²) in [4.78, 5) is 38.9. The van der Waals surface area contributed by atoms with Gasteiger partial charge in [0, 0.05) is 13.1 Å². The first-order valence-electron chi connectivity index (χ1n) is 12.5. The number of carbonyl (C=O) groups excluding carboxylic acids is 3. The van der Waals surface area contributed by atoms with E-state index in [1.165, 1.54) is 0 Å². The molecular weight excluding hydrogens is 482 g/mol. The quantitative estimate of drug-likeness (QED) is 0.220. The van der Waals surface area contributed by atoms with Gasteiger partial charge in [0.2, 0.25) is 5.91 Å². The molecule has 0 bridgehead atoms. The molecule has 37 heavy (non-hydrogen) atoms. The number of rotatable bonds is 12. The van der Waals surface area contributed by atoms with Crippen molar-refractivity contribution >= 4 is 30.4 Å². The van der Waals surface area contributed by atoms with Crippen LogP contribution in [0, 0.1) is 13.8 Å². The van der Waals surface area contributed by atoms with E-state index in [2.05, 4.69) is 28.6 Å². The molecule has 0 fully saturated rings. The van der Waals surface area contributed by atoms with Gasteiger partial charge in [-0.2, -0.15) is 12.6 Å². The third-order valence-corrected chi connectivity index (χ3v) is 6.47. The van der Waals surface area contributed by atoms with Crippen LogP contribution in [0.2, 0.25) is 0 Å². The predicted molar refractivity (Wildman–Crippen MR) is 151 cm³/mol. The lowest BCUT2D eigenvalue weighted by molar-refractivity contribution is -0.136. The number of hydrogen-bond donors (Lipinski definition) is 4. The van der Waals surface area contributed by atoms with Gasteiger partial charge < -0.3 is 16.0 Å². The summed E-state index contributed by atoms with van der Waals surface area (Å²) in [5, 5.41) is 7.50. The molecule has 3 aromatic carbocycles. The van der Waals surface area contributed by atoms with Crippen LogP contribution in [0.15, 0.2) is 78.9 Å². The molecule has 0 unspecified atom stereocenters. The van der Waals surface area contributed by atoms with Gasteiger partial charge >= 0.3 is 0 Å². The first kappa shape index (κ1) is 28.0. The molecule has 0 heterocycles. The zero-order valence-electron chi connectivity index (χ0n) is 21.4. The third kappa shape index (κ3) is 9.42. The average Bonchev–Trinajstić information content (AvgIpc) is 2.89. The van der Waals surface area contributed by atoms with Crippen molar-refractivity contribution in [1.29, 1.82) is 0 Å². The minimum absolute atomic E-state index is 0.346. The number of nitrogens with one attached hydrogen (secondary N) is 3. The van der Waals surface area contributed by atoms with Gasteiger partial charge in [-0.15, -0.1) is 0 Å². The van der Waals surface area contributed by atoms with Crippen molar-refractivity contribution in [3.63, 3.8) is 0 Å². The number of aryl methyl sites for hydroxylation is 2. The Morgan fingerprint density at radius 3 is 1.57 bits per heavy atom. The van der Waals surface area contributed by atoms with Crippen LogP contribution in [0.4, 0.5) is 0 Å². The average molecular weight is 518 g/mol. The van der Waals surface area contributed by atoms with E-state index in [0.29, 0.717) is 32.4 Å². The van der Waals surface area contributed by atoms with Gasteiger partial charge in [-0.1, -0.05) is 90.0 Å². The first-order valence-corrected chi connectivity index (χ1v) is 13.0. The molecule has 3 rings (SSSR count). The molecule has 3 N–H and O–H groups in total. The normalized spacial score (nSPS) is 11.6. The molecule has 0 aliphatic carbocycles. The molecule has 0 saturated carbocycles. The van der Waals surface area contributed by atoms with E-state index in [0.717, 1.165) is 27.8 Å². The summed E-state index contributed by atoms with van der Waals surface area (Å²) >= 11 is 4.43. The fourth-order valence-corrected chi connectivity index (χ4v) is 4.08. The van der Waals surface area contributed by atoms with Crippen LogP contribution < -0.4 is 16.0 Å². The van der Waals surface area contributed by atoms with Crippen LogP contribution in [0.5, 0.6) is 0 Å². The highest BCUT2D eigenvalue weighted by molar-refractivity contribution is 7.81. The van der Waals surface area contributed by atoms with E-state index in [9.17, 15) is 14.4 Å². The maximum Gasteiger partial charge on any atom is 0.252 e. The van der Waals surface area contributed by atoms with Crippen molar-refractivity contribution in [1.82, 2.24) is 16.0 Å². The van der Waals surface area contributed by atoms with Crippen molar-refractivity contribution < 1.29 is 14.4 Å². The fraction of sp³-hybridized carbons (Fsp3) is 0.300. The standard InChI is InChI=1S/C30H35N3O3S/c1-21-8-12-23(13-9-21)16-18-31-29(35)27(30(36)32-19-17-24-14-10-22(2)11-15-24)33-28(34)26(37)20-25-6-4-3-5-7-25/h3-15,26-27,37H,16-20H2,1-2H3,(H,31,35)(H,32,36)(H,33,34)/t26-/m0/s1. The van der Waals surface area contributed by atoms with Crippen molar-refractivity contribution in [3.05, 3.63) is 107 Å². The summed E-state index contributed by atoms with van der Waals surface area (Å²) in [5.41, 5.74) is 5.42. The number of carbonyl (C=O) groups is 3. The topological polar surface area (TPSA) is 87.3 Å². The second kappa shape index (κ2) is 14.2. The van der Waals surface area contributed by atoms with Crippen LogP contribution >= 0.6 is 12.6 Å². The Morgan fingerprint density at radius 1 is 0.649 bits per heavy atom. The second-order valence-electron chi connectivity index (χ2n) is 9.20. The maximum absolute atomic E-state index is 13.0. The van der Waals surface area contributed by atoms with Gasteiger partial charge in [-0.05, 0) is 49.8 Å². The van der Waals surface area contributed by atoms with Crippen molar-refractivity contribution in [2.24, 2.45) is 0 Å².